The molecule has 6 nitrogen and oxygen atoms in total. The minimum absolute atomic E-state index is 0.0264. The van der Waals surface area contributed by atoms with E-state index >= 15 is 0 Å². The number of nitrogens with one attached hydrogen (secondary N) is 1. The van der Waals surface area contributed by atoms with Crippen molar-refractivity contribution < 1.29 is 4.79 Å². The fraction of sp³-hybridized carbons (Fsp3) is 0.238. The van der Waals surface area contributed by atoms with Gasteiger partial charge in [-0.3, -0.25) is 14.2 Å². The topological polar surface area (TPSA) is 84.8 Å². The van der Waals surface area contributed by atoms with Crippen LogP contribution in [0.25, 0.3) is 0 Å². The summed E-state index contributed by atoms with van der Waals surface area (Å²) in [5.41, 5.74) is 2.15. The number of carbonyl (C=O) groups excluding carboxylic acids is 1. The molecule has 7 heteroatoms. The van der Waals surface area contributed by atoms with Gasteiger partial charge in [0.2, 0.25) is 5.78 Å². The first-order chi connectivity index (χ1) is 13.3. The molecule has 3 rings (SSSR count). The first-order valence-electron chi connectivity index (χ1n) is 8.90. The predicted molar refractivity (Wildman–Crippen MR) is 111 cm³/mol. The molecule has 1 aromatic carbocycles. The SMILES string of the molecule is CCc1c(C(=O)c2cc(C)cc(C)c2)[nH]c(=O)n(Cc2cccc(Br)n2)c1=O. The molecule has 3 aromatic rings. The van der Waals surface area contributed by atoms with E-state index in [2.05, 4.69) is 25.9 Å². The van der Waals surface area contributed by atoms with Crippen LogP contribution < -0.4 is 11.2 Å². The third kappa shape index (κ3) is 4.04. The second kappa shape index (κ2) is 8.06. The van der Waals surface area contributed by atoms with Gasteiger partial charge >= 0.3 is 5.69 Å². The number of aromatic nitrogens is 3. The standard InChI is InChI=1S/C21H20BrN3O3/c1-4-16-18(19(26)14-9-12(2)8-13(3)10-14)24-21(28)25(20(16)27)11-15-6-5-7-17(22)23-15/h5-10H,4,11H2,1-3H3,(H,24,28). The van der Waals surface area contributed by atoms with Crippen LogP contribution in [0.15, 0.2) is 50.6 Å². The van der Waals surface area contributed by atoms with Gasteiger partial charge in [-0.15, -0.1) is 0 Å². The summed E-state index contributed by atoms with van der Waals surface area (Å²) < 4.78 is 1.69. The highest BCUT2D eigenvalue weighted by Gasteiger charge is 2.20. The quantitative estimate of drug-likeness (QED) is 0.486. The number of hydrogen-bond acceptors (Lipinski definition) is 4. The number of aromatic amines is 1. The summed E-state index contributed by atoms with van der Waals surface area (Å²) in [5, 5.41) is 0. The van der Waals surface area contributed by atoms with Crippen LogP contribution in [-0.4, -0.2) is 20.3 Å². The summed E-state index contributed by atoms with van der Waals surface area (Å²) in [6, 6.07) is 10.7. The zero-order valence-corrected chi connectivity index (χ0v) is 17.5. The minimum Gasteiger partial charge on any atom is -0.303 e. The molecule has 0 unspecified atom stereocenters. The molecule has 0 bridgehead atoms. The molecule has 0 aliphatic heterocycles. The zero-order valence-electron chi connectivity index (χ0n) is 15.9. The van der Waals surface area contributed by atoms with E-state index < -0.39 is 11.2 Å². The minimum atomic E-state index is -0.628. The molecule has 0 aliphatic carbocycles. The molecule has 0 aliphatic rings. The molecule has 2 aromatic heterocycles. The van der Waals surface area contributed by atoms with E-state index in [4.69, 9.17) is 0 Å². The van der Waals surface area contributed by atoms with Gasteiger partial charge in [-0.25, -0.2) is 9.78 Å². The van der Waals surface area contributed by atoms with Gasteiger partial charge in [-0.05, 0) is 60.5 Å². The van der Waals surface area contributed by atoms with Crippen LogP contribution in [0.4, 0.5) is 0 Å². The van der Waals surface area contributed by atoms with Gasteiger partial charge in [0, 0.05) is 11.1 Å². The molecule has 144 valence electrons. The Labute approximate surface area is 170 Å². The predicted octanol–water partition coefficient (Wildman–Crippen LogP) is 3.15. The van der Waals surface area contributed by atoms with E-state index in [0.29, 0.717) is 27.8 Å². The second-order valence-electron chi connectivity index (χ2n) is 6.69. The van der Waals surface area contributed by atoms with Gasteiger partial charge in [-0.1, -0.05) is 30.2 Å². The van der Waals surface area contributed by atoms with Crippen molar-refractivity contribution in [3.8, 4) is 0 Å². The van der Waals surface area contributed by atoms with Crippen LogP contribution in [0.2, 0.25) is 0 Å². The van der Waals surface area contributed by atoms with E-state index in [1.807, 2.05) is 19.9 Å². The van der Waals surface area contributed by atoms with E-state index in [9.17, 15) is 14.4 Å². The molecule has 1 N–H and O–H groups in total. The third-order valence-electron chi connectivity index (χ3n) is 4.44. The van der Waals surface area contributed by atoms with Gasteiger partial charge in [-0.2, -0.15) is 0 Å². The molecular formula is C21H20BrN3O3. The second-order valence-corrected chi connectivity index (χ2v) is 7.50. The lowest BCUT2D eigenvalue weighted by molar-refractivity contribution is 0.103. The molecule has 0 spiro atoms. The molecular weight excluding hydrogens is 422 g/mol. The van der Waals surface area contributed by atoms with Crippen LogP contribution in [0.5, 0.6) is 0 Å². The maximum Gasteiger partial charge on any atom is 0.329 e. The van der Waals surface area contributed by atoms with Crippen molar-refractivity contribution in [2.75, 3.05) is 0 Å². The Bertz CT molecular complexity index is 1160. The Balaban J connectivity index is 2.10. The monoisotopic (exact) mass is 441 g/mol. The van der Waals surface area contributed by atoms with Crippen LogP contribution in [-0.2, 0) is 13.0 Å². The van der Waals surface area contributed by atoms with Crippen LogP contribution in [0, 0.1) is 13.8 Å². The largest absolute Gasteiger partial charge is 0.329 e. The van der Waals surface area contributed by atoms with Crippen LogP contribution >= 0.6 is 15.9 Å². The maximum atomic E-state index is 13.0. The van der Waals surface area contributed by atoms with Crippen molar-refractivity contribution in [2.24, 2.45) is 0 Å². The number of rotatable bonds is 5. The normalized spacial score (nSPS) is 10.9. The fourth-order valence-corrected chi connectivity index (χ4v) is 3.61. The van der Waals surface area contributed by atoms with Gasteiger partial charge in [0.25, 0.3) is 5.56 Å². The van der Waals surface area contributed by atoms with Crippen LogP contribution in [0.1, 0.15) is 45.4 Å². The van der Waals surface area contributed by atoms with E-state index in [-0.39, 0.29) is 18.0 Å². The van der Waals surface area contributed by atoms with Gasteiger partial charge in [0.05, 0.1) is 17.9 Å². The van der Waals surface area contributed by atoms with E-state index in [0.717, 1.165) is 15.7 Å². The Morgan fingerprint density at radius 1 is 1.14 bits per heavy atom. The summed E-state index contributed by atoms with van der Waals surface area (Å²) in [6.45, 7) is 5.61. The van der Waals surface area contributed by atoms with Gasteiger partial charge < -0.3 is 4.98 Å². The number of pyridine rings is 1. The number of halogens is 1. The van der Waals surface area contributed by atoms with Crippen molar-refractivity contribution >= 4 is 21.7 Å². The fourth-order valence-electron chi connectivity index (χ4n) is 3.23. The Morgan fingerprint density at radius 2 is 1.82 bits per heavy atom. The smallest absolute Gasteiger partial charge is 0.303 e. The summed E-state index contributed by atoms with van der Waals surface area (Å²) in [4.78, 5) is 45.5. The number of ketones is 1. The molecule has 0 saturated carbocycles. The molecule has 2 heterocycles. The van der Waals surface area contributed by atoms with Crippen molar-refractivity contribution in [1.29, 1.82) is 0 Å². The highest BCUT2D eigenvalue weighted by atomic mass is 79.9. The summed E-state index contributed by atoms with van der Waals surface area (Å²) >= 11 is 3.28. The molecule has 0 atom stereocenters. The lowest BCUT2D eigenvalue weighted by Gasteiger charge is -2.11. The maximum absolute atomic E-state index is 13.0. The molecule has 0 saturated heterocycles. The zero-order chi connectivity index (χ0) is 20.4. The van der Waals surface area contributed by atoms with E-state index in [1.165, 1.54) is 0 Å². The molecule has 0 fully saturated rings. The molecule has 0 radical (unpaired) electrons. The lowest BCUT2D eigenvalue weighted by atomic mass is 9.99. The Kier molecular flexibility index (Phi) is 5.74. The first kappa shape index (κ1) is 19.9. The molecule has 28 heavy (non-hydrogen) atoms. The number of H-pyrrole nitrogens is 1. The highest BCUT2D eigenvalue weighted by molar-refractivity contribution is 9.10. The average molecular weight is 442 g/mol. The lowest BCUT2D eigenvalue weighted by Crippen LogP contribution is -2.40. The van der Waals surface area contributed by atoms with Gasteiger partial charge in [0.1, 0.15) is 4.60 Å². The summed E-state index contributed by atoms with van der Waals surface area (Å²) in [7, 11) is 0. The molecule has 0 amide bonds. The number of hydrogen-bond donors (Lipinski definition) is 1. The number of benzene rings is 1. The summed E-state index contributed by atoms with van der Waals surface area (Å²) in [6.07, 6.45) is 0.327. The summed E-state index contributed by atoms with van der Waals surface area (Å²) in [5.74, 6) is -0.356. The van der Waals surface area contributed by atoms with Gasteiger partial charge in [0.15, 0.2) is 0 Å². The Hall–Kier alpha value is -2.80. The number of aryl methyl sites for hydroxylation is 2. The first-order valence-corrected chi connectivity index (χ1v) is 9.70. The van der Waals surface area contributed by atoms with Crippen molar-refractivity contribution in [3.63, 3.8) is 0 Å². The highest BCUT2D eigenvalue weighted by Crippen LogP contribution is 2.14. The van der Waals surface area contributed by atoms with E-state index in [1.54, 1.807) is 37.3 Å². The van der Waals surface area contributed by atoms with Crippen molar-refractivity contribution in [2.45, 2.75) is 33.7 Å². The average Bonchev–Trinajstić information content (AvgIpc) is 2.63. The van der Waals surface area contributed by atoms with Crippen molar-refractivity contribution in [1.82, 2.24) is 14.5 Å². The van der Waals surface area contributed by atoms with Crippen molar-refractivity contribution in [3.05, 3.63) is 95.5 Å². The Morgan fingerprint density at radius 3 is 2.43 bits per heavy atom. The third-order valence-corrected chi connectivity index (χ3v) is 4.88. The van der Waals surface area contributed by atoms with Crippen LogP contribution in [0.3, 0.4) is 0 Å². The number of carbonyl (C=O) groups is 1. The number of nitrogens with zero attached hydrogens (tertiary/aromatic N) is 2.